The second kappa shape index (κ2) is 6.68. The van der Waals surface area contributed by atoms with Gasteiger partial charge in [-0.1, -0.05) is 18.2 Å². The zero-order valence-electron chi connectivity index (χ0n) is 13.9. The Morgan fingerprint density at radius 3 is 2.74 bits per heavy atom. The summed E-state index contributed by atoms with van der Waals surface area (Å²) in [5.41, 5.74) is -0.238. The number of hydrogen-bond acceptors (Lipinski definition) is 6. The molecule has 1 saturated heterocycles. The van der Waals surface area contributed by atoms with Crippen molar-refractivity contribution in [2.45, 2.75) is 39.0 Å². The minimum Gasteiger partial charge on any atom is -0.491 e. The summed E-state index contributed by atoms with van der Waals surface area (Å²) >= 11 is 0. The Labute approximate surface area is 136 Å². The molecule has 0 bridgehead atoms. The number of benzene rings is 1. The molecule has 1 aromatic heterocycles. The van der Waals surface area contributed by atoms with Crippen molar-refractivity contribution in [2.75, 3.05) is 19.7 Å². The second-order valence-corrected chi connectivity index (χ2v) is 6.51. The minimum atomic E-state index is -0.238. The molecular formula is C17H23N3O3. The van der Waals surface area contributed by atoms with E-state index in [2.05, 4.69) is 28.9 Å². The average Bonchev–Trinajstić information content (AvgIpc) is 2.90. The minimum absolute atomic E-state index is 0.00275. The molecule has 1 fully saturated rings. The molecule has 1 aliphatic rings. The van der Waals surface area contributed by atoms with E-state index in [4.69, 9.17) is 13.9 Å². The number of nitrogens with zero attached hydrogens (tertiary/aromatic N) is 3. The maximum atomic E-state index is 6.14. The zero-order chi connectivity index (χ0) is 16.3. The van der Waals surface area contributed by atoms with Gasteiger partial charge in [-0.15, -0.1) is 10.2 Å². The van der Waals surface area contributed by atoms with Crippen LogP contribution in [0.4, 0.5) is 0 Å². The van der Waals surface area contributed by atoms with Crippen LogP contribution in [0.1, 0.15) is 25.6 Å². The summed E-state index contributed by atoms with van der Waals surface area (Å²) in [7, 11) is 0. The van der Waals surface area contributed by atoms with Crippen LogP contribution >= 0.6 is 0 Å². The lowest BCUT2D eigenvalue weighted by atomic mass is 10.1. The Bertz CT molecular complexity index is 627. The number of aryl methyl sites for hydroxylation is 1. The predicted octanol–water partition coefficient (Wildman–Crippen LogP) is 2.44. The SMILES string of the molecule is Cc1nnc(CN2C[C@@H](COc3ccccc3)OC(C)(C)C2)o1. The van der Waals surface area contributed by atoms with E-state index in [-0.39, 0.29) is 11.7 Å². The Balaban J connectivity index is 1.59. The third-order valence-electron chi connectivity index (χ3n) is 3.66. The number of rotatable bonds is 5. The molecule has 0 aliphatic carbocycles. The summed E-state index contributed by atoms with van der Waals surface area (Å²) in [5, 5.41) is 7.96. The van der Waals surface area contributed by atoms with Gasteiger partial charge in [0.15, 0.2) is 0 Å². The lowest BCUT2D eigenvalue weighted by Gasteiger charge is -2.42. The quantitative estimate of drug-likeness (QED) is 0.844. The fraction of sp³-hybridized carbons (Fsp3) is 0.529. The van der Waals surface area contributed by atoms with E-state index in [1.54, 1.807) is 6.92 Å². The molecular weight excluding hydrogens is 294 g/mol. The molecule has 3 rings (SSSR count). The lowest BCUT2D eigenvalue weighted by molar-refractivity contribution is -0.148. The van der Waals surface area contributed by atoms with E-state index < -0.39 is 0 Å². The van der Waals surface area contributed by atoms with Crippen molar-refractivity contribution >= 4 is 0 Å². The van der Waals surface area contributed by atoms with E-state index in [1.807, 2.05) is 30.3 Å². The number of morpholine rings is 1. The maximum absolute atomic E-state index is 6.14. The molecule has 2 aromatic rings. The summed E-state index contributed by atoms with van der Waals surface area (Å²) in [4.78, 5) is 2.27. The highest BCUT2D eigenvalue weighted by Gasteiger charge is 2.34. The zero-order valence-corrected chi connectivity index (χ0v) is 13.9. The Morgan fingerprint density at radius 1 is 1.26 bits per heavy atom. The van der Waals surface area contributed by atoms with Crippen molar-refractivity contribution < 1.29 is 13.9 Å². The van der Waals surface area contributed by atoms with E-state index in [0.717, 1.165) is 18.8 Å². The normalized spacial score (nSPS) is 21.3. The van der Waals surface area contributed by atoms with E-state index >= 15 is 0 Å². The number of aromatic nitrogens is 2. The largest absolute Gasteiger partial charge is 0.491 e. The smallest absolute Gasteiger partial charge is 0.230 e. The van der Waals surface area contributed by atoms with Gasteiger partial charge in [-0.3, -0.25) is 4.90 Å². The molecule has 2 heterocycles. The molecule has 23 heavy (non-hydrogen) atoms. The second-order valence-electron chi connectivity index (χ2n) is 6.51. The Hall–Kier alpha value is -1.92. The van der Waals surface area contributed by atoms with Crippen LogP contribution in [0.15, 0.2) is 34.7 Å². The third-order valence-corrected chi connectivity index (χ3v) is 3.66. The van der Waals surface area contributed by atoms with Crippen LogP contribution in [0.25, 0.3) is 0 Å². The van der Waals surface area contributed by atoms with Crippen molar-refractivity contribution in [1.82, 2.24) is 15.1 Å². The topological polar surface area (TPSA) is 60.6 Å². The summed E-state index contributed by atoms with van der Waals surface area (Å²) in [6.07, 6.45) is 0.00275. The van der Waals surface area contributed by atoms with Gasteiger partial charge in [-0.05, 0) is 26.0 Å². The lowest BCUT2D eigenvalue weighted by Crippen LogP contribution is -2.53. The van der Waals surface area contributed by atoms with Gasteiger partial charge in [0.2, 0.25) is 11.8 Å². The molecule has 6 nitrogen and oxygen atoms in total. The van der Waals surface area contributed by atoms with Gasteiger partial charge < -0.3 is 13.9 Å². The van der Waals surface area contributed by atoms with Gasteiger partial charge in [0, 0.05) is 20.0 Å². The first-order valence-electron chi connectivity index (χ1n) is 7.87. The number of ether oxygens (including phenoxy) is 2. The number of hydrogen-bond donors (Lipinski definition) is 0. The standard InChI is InChI=1S/C17H23N3O3/c1-13-18-19-16(22-13)10-20-9-15(23-17(2,3)12-20)11-21-14-7-5-4-6-8-14/h4-8,15H,9-12H2,1-3H3/t15-/m0/s1. The van der Waals surface area contributed by atoms with Crippen molar-refractivity contribution in [3.05, 3.63) is 42.1 Å². The van der Waals surface area contributed by atoms with Gasteiger partial charge in [0.05, 0.1) is 12.1 Å². The highest BCUT2D eigenvalue weighted by atomic mass is 16.5. The summed E-state index contributed by atoms with van der Waals surface area (Å²) in [6, 6.07) is 9.80. The molecule has 0 unspecified atom stereocenters. The Morgan fingerprint density at radius 2 is 2.04 bits per heavy atom. The van der Waals surface area contributed by atoms with Crippen LogP contribution in [0.3, 0.4) is 0 Å². The predicted molar refractivity (Wildman–Crippen MR) is 85.2 cm³/mol. The fourth-order valence-corrected chi connectivity index (χ4v) is 2.92. The van der Waals surface area contributed by atoms with E-state index in [9.17, 15) is 0 Å². The molecule has 0 N–H and O–H groups in total. The molecule has 0 amide bonds. The Kier molecular flexibility index (Phi) is 4.63. The summed E-state index contributed by atoms with van der Waals surface area (Å²) in [5.74, 6) is 2.10. The van der Waals surface area contributed by atoms with Gasteiger partial charge >= 0.3 is 0 Å². The fourth-order valence-electron chi connectivity index (χ4n) is 2.92. The first kappa shape index (κ1) is 16.0. The van der Waals surface area contributed by atoms with Gasteiger partial charge in [0.1, 0.15) is 18.5 Å². The highest BCUT2D eigenvalue weighted by molar-refractivity contribution is 5.20. The van der Waals surface area contributed by atoms with Crippen LogP contribution in [-0.2, 0) is 11.3 Å². The van der Waals surface area contributed by atoms with Crippen LogP contribution in [0.5, 0.6) is 5.75 Å². The van der Waals surface area contributed by atoms with Gasteiger partial charge in [0.25, 0.3) is 0 Å². The molecule has 0 radical (unpaired) electrons. The van der Waals surface area contributed by atoms with E-state index in [0.29, 0.717) is 24.9 Å². The molecule has 1 aliphatic heterocycles. The molecule has 0 saturated carbocycles. The molecule has 124 valence electrons. The monoisotopic (exact) mass is 317 g/mol. The molecule has 0 spiro atoms. The van der Waals surface area contributed by atoms with Crippen molar-refractivity contribution in [1.29, 1.82) is 0 Å². The number of para-hydroxylation sites is 1. The average molecular weight is 317 g/mol. The molecule has 1 aromatic carbocycles. The summed E-state index contributed by atoms with van der Waals surface area (Å²) < 4.78 is 17.5. The maximum Gasteiger partial charge on any atom is 0.230 e. The van der Waals surface area contributed by atoms with Crippen molar-refractivity contribution in [3.63, 3.8) is 0 Å². The molecule has 6 heteroatoms. The third kappa shape index (κ3) is 4.53. The van der Waals surface area contributed by atoms with Crippen LogP contribution in [-0.4, -0.2) is 46.5 Å². The summed E-state index contributed by atoms with van der Waals surface area (Å²) in [6.45, 7) is 8.73. The van der Waals surface area contributed by atoms with Crippen molar-refractivity contribution in [2.24, 2.45) is 0 Å². The molecule has 1 atom stereocenters. The highest BCUT2D eigenvalue weighted by Crippen LogP contribution is 2.23. The van der Waals surface area contributed by atoms with E-state index in [1.165, 1.54) is 0 Å². The first-order valence-corrected chi connectivity index (χ1v) is 7.87. The van der Waals surface area contributed by atoms with Gasteiger partial charge in [-0.25, -0.2) is 0 Å². The van der Waals surface area contributed by atoms with Gasteiger partial charge in [-0.2, -0.15) is 0 Å². The van der Waals surface area contributed by atoms with Crippen molar-refractivity contribution in [3.8, 4) is 5.75 Å². The van der Waals surface area contributed by atoms with Crippen LogP contribution in [0, 0.1) is 6.92 Å². The van der Waals surface area contributed by atoms with Crippen LogP contribution in [0.2, 0.25) is 0 Å². The first-order chi connectivity index (χ1) is 11.0. The van der Waals surface area contributed by atoms with Crippen LogP contribution < -0.4 is 4.74 Å².